The van der Waals surface area contributed by atoms with Crippen molar-refractivity contribution in [2.24, 2.45) is 5.92 Å². The largest absolute Gasteiger partial charge is 0.309 e. The van der Waals surface area contributed by atoms with E-state index in [0.29, 0.717) is 6.04 Å². The van der Waals surface area contributed by atoms with Crippen LogP contribution in [0.4, 0.5) is 0 Å². The van der Waals surface area contributed by atoms with Crippen LogP contribution in [0.2, 0.25) is 0 Å². The van der Waals surface area contributed by atoms with Crippen LogP contribution in [0.1, 0.15) is 35.6 Å². The first kappa shape index (κ1) is 10.7. The quantitative estimate of drug-likeness (QED) is 0.878. The van der Waals surface area contributed by atoms with Gasteiger partial charge in [0.2, 0.25) is 0 Å². The van der Waals surface area contributed by atoms with Crippen molar-refractivity contribution in [2.45, 2.75) is 32.7 Å². The Balaban J connectivity index is 2.16. The third-order valence-electron chi connectivity index (χ3n) is 2.70. The summed E-state index contributed by atoms with van der Waals surface area (Å²) in [5.74, 6) is 0.889. The zero-order valence-electron chi connectivity index (χ0n) is 8.64. The highest BCUT2D eigenvalue weighted by molar-refractivity contribution is 9.10. The predicted molar refractivity (Wildman–Crippen MR) is 65.9 cm³/mol. The van der Waals surface area contributed by atoms with Gasteiger partial charge in [-0.3, -0.25) is 0 Å². The standard InChI is InChI=1S/C11H16BrNS/c1-3-13-11(8-4-5-8)10-6-9(12)7(2)14-10/h6,8,11,13H,3-5H2,1-2H3. The molecule has 78 valence electrons. The van der Waals surface area contributed by atoms with Crippen molar-refractivity contribution in [3.63, 3.8) is 0 Å². The molecule has 1 saturated carbocycles. The molecule has 3 heteroatoms. The maximum absolute atomic E-state index is 3.59. The first-order valence-electron chi connectivity index (χ1n) is 5.21. The van der Waals surface area contributed by atoms with E-state index in [1.807, 2.05) is 11.3 Å². The van der Waals surface area contributed by atoms with Crippen LogP contribution < -0.4 is 5.32 Å². The molecule has 1 heterocycles. The van der Waals surface area contributed by atoms with Crippen LogP contribution in [0.5, 0.6) is 0 Å². The van der Waals surface area contributed by atoms with Gasteiger partial charge in [-0.15, -0.1) is 11.3 Å². The lowest BCUT2D eigenvalue weighted by Gasteiger charge is -2.14. The highest BCUT2D eigenvalue weighted by Crippen LogP contribution is 2.44. The van der Waals surface area contributed by atoms with Crippen molar-refractivity contribution in [1.29, 1.82) is 0 Å². The van der Waals surface area contributed by atoms with Crippen molar-refractivity contribution in [2.75, 3.05) is 6.54 Å². The summed E-state index contributed by atoms with van der Waals surface area (Å²) in [5.41, 5.74) is 0. The second kappa shape index (κ2) is 4.33. The van der Waals surface area contributed by atoms with Crippen LogP contribution in [0.15, 0.2) is 10.5 Å². The fourth-order valence-corrected chi connectivity index (χ4v) is 3.51. The van der Waals surface area contributed by atoms with Crippen LogP contribution in [-0.2, 0) is 0 Å². The maximum Gasteiger partial charge on any atom is 0.0443 e. The van der Waals surface area contributed by atoms with E-state index in [1.54, 1.807) is 0 Å². The first-order valence-corrected chi connectivity index (χ1v) is 6.82. The minimum Gasteiger partial charge on any atom is -0.309 e. The molecule has 0 saturated heterocycles. The van der Waals surface area contributed by atoms with Gasteiger partial charge in [0.05, 0.1) is 0 Å². The lowest BCUT2D eigenvalue weighted by atomic mass is 10.1. The molecule has 14 heavy (non-hydrogen) atoms. The van der Waals surface area contributed by atoms with Crippen molar-refractivity contribution >= 4 is 27.3 Å². The van der Waals surface area contributed by atoms with E-state index in [9.17, 15) is 0 Å². The van der Waals surface area contributed by atoms with Gasteiger partial charge >= 0.3 is 0 Å². The molecule has 2 rings (SSSR count). The molecule has 0 bridgehead atoms. The van der Waals surface area contributed by atoms with Crippen LogP contribution in [0.25, 0.3) is 0 Å². The van der Waals surface area contributed by atoms with Crippen molar-refractivity contribution in [3.8, 4) is 0 Å². The smallest absolute Gasteiger partial charge is 0.0443 e. The molecule has 1 fully saturated rings. The van der Waals surface area contributed by atoms with Gasteiger partial charge in [-0.1, -0.05) is 6.92 Å². The first-order chi connectivity index (χ1) is 6.72. The molecule has 1 unspecified atom stereocenters. The van der Waals surface area contributed by atoms with E-state index < -0.39 is 0 Å². The summed E-state index contributed by atoms with van der Waals surface area (Å²) in [4.78, 5) is 2.89. The lowest BCUT2D eigenvalue weighted by molar-refractivity contribution is 0.504. The number of rotatable bonds is 4. The highest BCUT2D eigenvalue weighted by atomic mass is 79.9. The molecule has 0 aliphatic heterocycles. The summed E-state index contributed by atoms with van der Waals surface area (Å²) < 4.78 is 1.26. The summed E-state index contributed by atoms with van der Waals surface area (Å²) in [6, 6.07) is 2.89. The molecule has 1 aliphatic rings. The second-order valence-electron chi connectivity index (χ2n) is 3.93. The van der Waals surface area contributed by atoms with Gasteiger partial charge in [0, 0.05) is 20.3 Å². The summed E-state index contributed by atoms with van der Waals surface area (Å²) >= 11 is 5.51. The number of hydrogen-bond donors (Lipinski definition) is 1. The van der Waals surface area contributed by atoms with E-state index in [1.165, 1.54) is 27.1 Å². The Kier molecular flexibility index (Phi) is 3.30. The van der Waals surface area contributed by atoms with Gasteiger partial charge in [-0.2, -0.15) is 0 Å². The Labute approximate surface area is 98.0 Å². The molecule has 1 aliphatic carbocycles. The van der Waals surface area contributed by atoms with Gasteiger partial charge < -0.3 is 5.32 Å². The minimum absolute atomic E-state index is 0.606. The van der Waals surface area contributed by atoms with Crippen LogP contribution in [0, 0.1) is 12.8 Å². The van der Waals surface area contributed by atoms with E-state index in [-0.39, 0.29) is 0 Å². The lowest BCUT2D eigenvalue weighted by Crippen LogP contribution is -2.21. The molecule has 1 atom stereocenters. The third kappa shape index (κ3) is 2.20. The number of halogens is 1. The average molecular weight is 274 g/mol. The van der Waals surface area contributed by atoms with Gasteiger partial charge in [0.25, 0.3) is 0 Å². The third-order valence-corrected chi connectivity index (χ3v) is 4.92. The molecule has 0 aromatic carbocycles. The minimum atomic E-state index is 0.606. The van der Waals surface area contributed by atoms with Crippen LogP contribution in [0.3, 0.4) is 0 Å². The molecule has 1 aromatic rings. The van der Waals surface area contributed by atoms with Crippen LogP contribution >= 0.6 is 27.3 Å². The van der Waals surface area contributed by atoms with Gasteiger partial charge in [-0.05, 0) is 54.2 Å². The SMILES string of the molecule is CCNC(c1cc(Br)c(C)s1)C1CC1. The number of thiophene rings is 1. The second-order valence-corrected chi connectivity index (χ2v) is 6.07. The average Bonchev–Trinajstić information content (AvgIpc) is 2.91. The topological polar surface area (TPSA) is 12.0 Å². The van der Waals surface area contributed by atoms with Crippen LogP contribution in [-0.4, -0.2) is 6.54 Å². The Bertz CT molecular complexity index is 298. The predicted octanol–water partition coefficient (Wildman–Crippen LogP) is 3.88. The fourth-order valence-electron chi connectivity index (χ4n) is 1.78. The fraction of sp³-hybridized carbons (Fsp3) is 0.636. The van der Waals surface area contributed by atoms with Crippen molar-refractivity contribution < 1.29 is 0 Å². The zero-order chi connectivity index (χ0) is 10.1. The molecular formula is C11H16BrNS. The molecule has 0 amide bonds. The number of aryl methyl sites for hydroxylation is 1. The molecule has 0 spiro atoms. The Morgan fingerprint density at radius 2 is 2.36 bits per heavy atom. The Morgan fingerprint density at radius 1 is 1.64 bits per heavy atom. The summed E-state index contributed by atoms with van der Waals surface area (Å²) in [6.07, 6.45) is 2.79. The number of hydrogen-bond acceptors (Lipinski definition) is 2. The van der Waals surface area contributed by atoms with Gasteiger partial charge in [0.1, 0.15) is 0 Å². The van der Waals surface area contributed by atoms with E-state index in [0.717, 1.165) is 12.5 Å². The zero-order valence-corrected chi connectivity index (χ0v) is 11.0. The monoisotopic (exact) mass is 273 g/mol. The summed E-state index contributed by atoms with van der Waals surface area (Å²) in [6.45, 7) is 5.43. The Hall–Kier alpha value is 0.140. The van der Waals surface area contributed by atoms with Crippen molar-refractivity contribution in [1.82, 2.24) is 5.32 Å². The maximum atomic E-state index is 3.59. The summed E-state index contributed by atoms with van der Waals surface area (Å²) in [7, 11) is 0. The summed E-state index contributed by atoms with van der Waals surface area (Å²) in [5, 5.41) is 3.59. The Morgan fingerprint density at radius 3 is 2.79 bits per heavy atom. The molecule has 1 N–H and O–H groups in total. The highest BCUT2D eigenvalue weighted by Gasteiger charge is 2.32. The van der Waals surface area contributed by atoms with Gasteiger partial charge in [-0.25, -0.2) is 0 Å². The molecule has 1 aromatic heterocycles. The van der Waals surface area contributed by atoms with E-state index in [2.05, 4.69) is 41.2 Å². The normalized spacial score (nSPS) is 18.5. The number of nitrogens with one attached hydrogen (secondary N) is 1. The molecule has 1 nitrogen and oxygen atoms in total. The van der Waals surface area contributed by atoms with Crippen molar-refractivity contribution in [3.05, 3.63) is 20.3 Å². The van der Waals surface area contributed by atoms with E-state index >= 15 is 0 Å². The van der Waals surface area contributed by atoms with E-state index in [4.69, 9.17) is 0 Å². The molecule has 0 radical (unpaired) electrons. The van der Waals surface area contributed by atoms with Gasteiger partial charge in [0.15, 0.2) is 0 Å². The molecular weight excluding hydrogens is 258 g/mol.